The van der Waals surface area contributed by atoms with E-state index in [0.717, 1.165) is 11.0 Å². The van der Waals surface area contributed by atoms with Crippen molar-refractivity contribution < 1.29 is 9.53 Å². The van der Waals surface area contributed by atoms with Crippen molar-refractivity contribution in [1.82, 2.24) is 19.9 Å². The first-order valence-electron chi connectivity index (χ1n) is 5.50. The van der Waals surface area contributed by atoms with Gasteiger partial charge in [-0.25, -0.2) is 0 Å². The summed E-state index contributed by atoms with van der Waals surface area (Å²) in [6.45, 7) is 1.17. The van der Waals surface area contributed by atoms with Crippen molar-refractivity contribution >= 4 is 29.2 Å². The van der Waals surface area contributed by atoms with Crippen molar-refractivity contribution in [3.8, 4) is 0 Å². The summed E-state index contributed by atoms with van der Waals surface area (Å²) in [5, 5.41) is 2.75. The van der Waals surface area contributed by atoms with Gasteiger partial charge in [-0.15, -0.1) is 0 Å². The number of amides is 1. The van der Waals surface area contributed by atoms with Gasteiger partial charge in [-0.2, -0.15) is 0 Å². The second-order valence-corrected chi connectivity index (χ2v) is 4.14. The normalized spacial score (nSPS) is 10.7. The summed E-state index contributed by atoms with van der Waals surface area (Å²) in [6, 6.07) is 1.82. The number of H-pyrrole nitrogens is 1. The molecule has 96 valence electrons. The van der Waals surface area contributed by atoms with Crippen LogP contribution in [0.4, 0.5) is 0 Å². The molecule has 1 amide bonds. The van der Waals surface area contributed by atoms with Gasteiger partial charge in [0.2, 0.25) is 5.91 Å². The maximum absolute atomic E-state index is 11.7. The first-order chi connectivity index (χ1) is 8.72. The molecule has 7 heteroatoms. The highest BCUT2D eigenvalue weighted by atomic mass is 32.1. The van der Waals surface area contributed by atoms with Gasteiger partial charge in [-0.3, -0.25) is 9.78 Å². The van der Waals surface area contributed by atoms with E-state index in [-0.39, 0.29) is 12.5 Å². The summed E-state index contributed by atoms with van der Waals surface area (Å²) >= 11 is 5.18. The van der Waals surface area contributed by atoms with E-state index in [9.17, 15) is 4.79 Å². The third kappa shape index (κ3) is 2.74. The zero-order valence-electron chi connectivity index (χ0n) is 9.97. The number of nitrogens with zero attached hydrogens (tertiary/aromatic N) is 2. The molecule has 0 aliphatic rings. The molecule has 2 aromatic rings. The monoisotopic (exact) mass is 266 g/mol. The van der Waals surface area contributed by atoms with Crippen LogP contribution in [0.3, 0.4) is 0 Å². The summed E-state index contributed by atoms with van der Waals surface area (Å²) < 4.78 is 7.12. The molecule has 0 radical (unpaired) electrons. The summed E-state index contributed by atoms with van der Waals surface area (Å²) in [5.74, 6) is -0.0964. The first-order valence-corrected chi connectivity index (χ1v) is 5.91. The molecule has 2 N–H and O–H groups in total. The minimum atomic E-state index is -0.0964. The summed E-state index contributed by atoms with van der Waals surface area (Å²) in [7, 11) is 1.59. The average molecular weight is 266 g/mol. The Morgan fingerprint density at radius 1 is 1.67 bits per heavy atom. The minimum absolute atomic E-state index is 0.0964. The van der Waals surface area contributed by atoms with Gasteiger partial charge in [0.25, 0.3) is 0 Å². The summed E-state index contributed by atoms with van der Waals surface area (Å²) in [4.78, 5) is 18.7. The number of fused-ring (bicyclic) bond motifs is 1. The largest absolute Gasteiger partial charge is 0.383 e. The zero-order valence-corrected chi connectivity index (χ0v) is 10.8. The highest BCUT2D eigenvalue weighted by molar-refractivity contribution is 7.71. The van der Waals surface area contributed by atoms with Gasteiger partial charge in [-0.1, -0.05) is 0 Å². The fourth-order valence-electron chi connectivity index (χ4n) is 1.66. The number of aromatic nitrogens is 3. The molecule has 0 aromatic carbocycles. The topological polar surface area (TPSA) is 71.9 Å². The van der Waals surface area contributed by atoms with Gasteiger partial charge in [0.15, 0.2) is 4.77 Å². The molecule has 0 unspecified atom stereocenters. The van der Waals surface area contributed by atoms with E-state index >= 15 is 0 Å². The van der Waals surface area contributed by atoms with Crippen molar-refractivity contribution in [3.63, 3.8) is 0 Å². The Morgan fingerprint density at radius 3 is 3.28 bits per heavy atom. The van der Waals surface area contributed by atoms with Gasteiger partial charge in [0.05, 0.1) is 23.8 Å². The van der Waals surface area contributed by atoms with E-state index in [4.69, 9.17) is 17.0 Å². The number of pyridine rings is 1. The van der Waals surface area contributed by atoms with Gasteiger partial charge >= 0.3 is 0 Å². The molecule has 18 heavy (non-hydrogen) atoms. The molecule has 2 aromatic heterocycles. The van der Waals surface area contributed by atoms with Crippen LogP contribution in [0.5, 0.6) is 0 Å². The molecular formula is C11H14N4O2S. The summed E-state index contributed by atoms with van der Waals surface area (Å²) in [6.07, 6.45) is 3.36. The Bertz CT molecular complexity index is 604. The van der Waals surface area contributed by atoms with Crippen LogP contribution in [0.2, 0.25) is 0 Å². The number of hydrogen-bond acceptors (Lipinski definition) is 4. The number of carbonyl (C=O) groups excluding carboxylic acids is 1. The van der Waals surface area contributed by atoms with Crippen LogP contribution in [0.25, 0.3) is 11.0 Å². The van der Waals surface area contributed by atoms with Crippen LogP contribution in [0.15, 0.2) is 18.5 Å². The van der Waals surface area contributed by atoms with Crippen LogP contribution in [-0.2, 0) is 16.1 Å². The van der Waals surface area contributed by atoms with Crippen molar-refractivity contribution in [2.24, 2.45) is 0 Å². The maximum atomic E-state index is 11.7. The van der Waals surface area contributed by atoms with Gasteiger partial charge in [0, 0.05) is 19.9 Å². The minimum Gasteiger partial charge on any atom is -0.383 e. The lowest BCUT2D eigenvalue weighted by Crippen LogP contribution is -2.30. The second-order valence-electron chi connectivity index (χ2n) is 3.75. The van der Waals surface area contributed by atoms with Crippen LogP contribution in [-0.4, -0.2) is 40.7 Å². The van der Waals surface area contributed by atoms with Crippen molar-refractivity contribution in [1.29, 1.82) is 0 Å². The number of nitrogens with one attached hydrogen (secondary N) is 2. The fourth-order valence-corrected chi connectivity index (χ4v) is 1.93. The SMILES string of the molecule is COCCNC(=O)Cn1c(=S)[nH]c2cnccc21. The number of rotatable bonds is 5. The molecule has 0 atom stereocenters. The van der Waals surface area contributed by atoms with Crippen LogP contribution in [0, 0.1) is 4.77 Å². The van der Waals surface area contributed by atoms with E-state index in [0.29, 0.717) is 17.9 Å². The highest BCUT2D eigenvalue weighted by Crippen LogP contribution is 2.11. The molecule has 2 heterocycles. The van der Waals surface area contributed by atoms with E-state index in [1.807, 2.05) is 6.07 Å². The van der Waals surface area contributed by atoms with Crippen molar-refractivity contribution in [2.75, 3.05) is 20.3 Å². The average Bonchev–Trinajstić information content (AvgIpc) is 2.67. The molecule has 0 spiro atoms. The number of methoxy groups -OCH3 is 1. The van der Waals surface area contributed by atoms with Crippen LogP contribution >= 0.6 is 12.2 Å². The number of carbonyl (C=O) groups is 1. The number of ether oxygens (including phenoxy) is 1. The molecule has 0 fully saturated rings. The van der Waals surface area contributed by atoms with E-state index in [2.05, 4.69) is 15.3 Å². The standard InChI is InChI=1S/C11H14N4O2S/c1-17-5-4-13-10(16)7-15-9-2-3-12-6-8(9)14-11(15)18/h2-3,6H,4-5,7H2,1H3,(H,13,16)(H,14,18). The van der Waals surface area contributed by atoms with Crippen molar-refractivity contribution in [2.45, 2.75) is 6.54 Å². The number of imidazole rings is 1. The highest BCUT2D eigenvalue weighted by Gasteiger charge is 2.08. The Balaban J connectivity index is 2.14. The second kappa shape index (κ2) is 5.74. The molecule has 0 saturated carbocycles. The lowest BCUT2D eigenvalue weighted by Gasteiger charge is -2.06. The number of aromatic amines is 1. The lowest BCUT2D eigenvalue weighted by atomic mass is 10.4. The third-order valence-corrected chi connectivity index (χ3v) is 2.83. The predicted molar refractivity (Wildman–Crippen MR) is 69.8 cm³/mol. The maximum Gasteiger partial charge on any atom is 0.240 e. The predicted octanol–water partition coefficient (Wildman–Crippen LogP) is 0.856. The van der Waals surface area contributed by atoms with Crippen molar-refractivity contribution in [3.05, 3.63) is 23.2 Å². The molecule has 2 rings (SSSR count). The Kier molecular flexibility index (Phi) is 4.06. The summed E-state index contributed by atoms with van der Waals surface area (Å²) in [5.41, 5.74) is 1.70. The Morgan fingerprint density at radius 2 is 2.50 bits per heavy atom. The third-order valence-electron chi connectivity index (χ3n) is 2.51. The smallest absolute Gasteiger partial charge is 0.240 e. The van der Waals surface area contributed by atoms with Gasteiger partial charge in [0.1, 0.15) is 6.54 Å². The van der Waals surface area contributed by atoms with Crippen LogP contribution < -0.4 is 5.32 Å². The van der Waals surface area contributed by atoms with Gasteiger partial charge in [-0.05, 0) is 18.3 Å². The van der Waals surface area contributed by atoms with E-state index in [1.165, 1.54) is 0 Å². The fraction of sp³-hybridized carbons (Fsp3) is 0.364. The molecule has 0 saturated heterocycles. The number of hydrogen-bond donors (Lipinski definition) is 2. The van der Waals surface area contributed by atoms with E-state index in [1.54, 1.807) is 24.1 Å². The Hall–Kier alpha value is -1.73. The quantitative estimate of drug-likeness (QED) is 0.622. The first kappa shape index (κ1) is 12.7. The molecule has 0 bridgehead atoms. The van der Waals surface area contributed by atoms with E-state index < -0.39 is 0 Å². The molecule has 0 aliphatic heterocycles. The molecule has 0 aliphatic carbocycles. The van der Waals surface area contributed by atoms with Crippen LogP contribution in [0.1, 0.15) is 0 Å². The lowest BCUT2D eigenvalue weighted by molar-refractivity contribution is -0.121. The Labute approximate surface area is 109 Å². The van der Waals surface area contributed by atoms with Gasteiger partial charge < -0.3 is 19.6 Å². The molecular weight excluding hydrogens is 252 g/mol. The zero-order chi connectivity index (χ0) is 13.0. The molecule has 6 nitrogen and oxygen atoms in total.